The van der Waals surface area contributed by atoms with Crippen LogP contribution < -0.4 is 10.6 Å². The van der Waals surface area contributed by atoms with Crippen molar-refractivity contribution in [2.24, 2.45) is 18.7 Å². The molecule has 0 spiro atoms. The molecule has 3 aromatic carbocycles. The second-order valence-corrected chi connectivity index (χ2v) is 10.1. The number of fused-ring (bicyclic) bond motifs is 1. The molecular formula is C30H27FN6O2. The molecule has 3 atom stereocenters. The second kappa shape index (κ2) is 9.20. The lowest BCUT2D eigenvalue weighted by atomic mass is 9.82. The molecule has 1 fully saturated rings. The number of hydrogen-bond acceptors (Lipinski definition) is 4. The predicted molar refractivity (Wildman–Crippen MR) is 146 cm³/mol. The van der Waals surface area contributed by atoms with Gasteiger partial charge in [-0.15, -0.1) is 0 Å². The third-order valence-electron chi connectivity index (χ3n) is 7.52. The minimum Gasteiger partial charge on any atom is -0.364 e. The van der Waals surface area contributed by atoms with E-state index in [4.69, 9.17) is 5.73 Å². The van der Waals surface area contributed by atoms with E-state index in [1.165, 1.54) is 12.1 Å². The van der Waals surface area contributed by atoms with E-state index >= 15 is 0 Å². The van der Waals surface area contributed by atoms with Crippen LogP contribution in [0, 0.1) is 18.7 Å². The van der Waals surface area contributed by atoms with Gasteiger partial charge in [0.05, 0.1) is 23.4 Å². The van der Waals surface area contributed by atoms with Gasteiger partial charge < -0.3 is 10.6 Å². The summed E-state index contributed by atoms with van der Waals surface area (Å²) in [6.07, 6.45) is 3.52. The minimum atomic E-state index is -0.624. The van der Waals surface area contributed by atoms with Crippen LogP contribution in [0.5, 0.6) is 0 Å². The van der Waals surface area contributed by atoms with Crippen LogP contribution in [0.4, 0.5) is 10.1 Å². The Labute approximate surface area is 224 Å². The first-order valence-electron chi connectivity index (χ1n) is 12.7. The van der Waals surface area contributed by atoms with E-state index in [9.17, 15) is 14.0 Å². The Balaban J connectivity index is 1.50. The molecule has 0 bridgehead atoms. The van der Waals surface area contributed by atoms with Gasteiger partial charge in [0.15, 0.2) is 5.69 Å². The third-order valence-corrected chi connectivity index (χ3v) is 7.52. The Hall–Kier alpha value is -4.79. The molecule has 196 valence electrons. The van der Waals surface area contributed by atoms with Crippen molar-refractivity contribution < 1.29 is 14.0 Å². The number of amides is 2. The Bertz CT molecular complexity index is 1740. The second-order valence-electron chi connectivity index (χ2n) is 10.1. The lowest BCUT2D eigenvalue weighted by molar-refractivity contribution is -0.120. The lowest BCUT2D eigenvalue weighted by Crippen LogP contribution is -2.29. The number of anilines is 1. The van der Waals surface area contributed by atoms with Crippen LogP contribution >= 0.6 is 0 Å². The number of nitrogens with zero attached hydrogens (tertiary/aromatic N) is 5. The highest BCUT2D eigenvalue weighted by Gasteiger charge is 2.49. The number of rotatable bonds is 5. The highest BCUT2D eigenvalue weighted by Crippen LogP contribution is 2.50. The lowest BCUT2D eigenvalue weighted by Gasteiger charge is -2.29. The molecule has 0 saturated carbocycles. The maximum absolute atomic E-state index is 14.0. The van der Waals surface area contributed by atoms with Crippen LogP contribution in [0.2, 0.25) is 0 Å². The fourth-order valence-electron chi connectivity index (χ4n) is 5.78. The number of nitrogens with two attached hydrogens (primary N) is 1. The van der Waals surface area contributed by atoms with Gasteiger partial charge in [-0.3, -0.25) is 14.3 Å². The third kappa shape index (κ3) is 4.06. The number of carbonyl (C=O) groups excluding carboxylic acids is 2. The summed E-state index contributed by atoms with van der Waals surface area (Å²) in [4.78, 5) is 28.1. The molecule has 3 unspecified atom stereocenters. The Kier molecular flexibility index (Phi) is 5.79. The molecule has 2 amide bonds. The maximum atomic E-state index is 14.0. The summed E-state index contributed by atoms with van der Waals surface area (Å²) >= 11 is 0. The van der Waals surface area contributed by atoms with Gasteiger partial charge in [-0.2, -0.15) is 10.2 Å². The normalized spacial score (nSPS) is 19.2. The Morgan fingerprint density at radius 3 is 2.49 bits per heavy atom. The van der Waals surface area contributed by atoms with E-state index in [0.29, 0.717) is 5.56 Å². The van der Waals surface area contributed by atoms with Crippen molar-refractivity contribution in [3.63, 3.8) is 0 Å². The summed E-state index contributed by atoms with van der Waals surface area (Å²) in [5, 5.41) is 9.66. The van der Waals surface area contributed by atoms with Gasteiger partial charge in [-0.05, 0) is 55.0 Å². The zero-order chi connectivity index (χ0) is 27.4. The first kappa shape index (κ1) is 24.5. The topological polar surface area (TPSA) is 99.0 Å². The van der Waals surface area contributed by atoms with E-state index in [1.54, 1.807) is 40.9 Å². The molecule has 2 N–H and O–H groups in total. The molecule has 8 nitrogen and oxygen atoms in total. The molecule has 1 aliphatic rings. The summed E-state index contributed by atoms with van der Waals surface area (Å²) < 4.78 is 16.8. The van der Waals surface area contributed by atoms with Crippen LogP contribution in [0.3, 0.4) is 0 Å². The molecule has 0 aliphatic carbocycles. The average Bonchev–Trinajstić information content (AvgIpc) is 3.58. The molecule has 3 heterocycles. The molecule has 1 saturated heterocycles. The van der Waals surface area contributed by atoms with Crippen molar-refractivity contribution in [1.82, 2.24) is 19.6 Å². The molecule has 5 aromatic rings. The van der Waals surface area contributed by atoms with Crippen LogP contribution in [-0.2, 0) is 11.8 Å². The SMILES string of the molecule is Cc1cccc(C2C(c3cn(C)nc3C(N)=O)C(C)C(=O)N2c2ccc3c(cnn3-c3ccc(F)cc3)c2)c1. The number of benzene rings is 3. The summed E-state index contributed by atoms with van der Waals surface area (Å²) in [6.45, 7) is 3.90. The zero-order valence-corrected chi connectivity index (χ0v) is 21.7. The zero-order valence-electron chi connectivity index (χ0n) is 21.7. The van der Waals surface area contributed by atoms with Crippen molar-refractivity contribution in [3.05, 3.63) is 107 Å². The summed E-state index contributed by atoms with van der Waals surface area (Å²) in [6, 6.07) is 19.6. The number of halogens is 1. The smallest absolute Gasteiger partial charge is 0.269 e. The number of hydrogen-bond donors (Lipinski definition) is 1. The number of carbonyl (C=O) groups is 2. The van der Waals surface area contributed by atoms with Crippen molar-refractivity contribution in [2.45, 2.75) is 25.8 Å². The van der Waals surface area contributed by atoms with Crippen LogP contribution in [0.25, 0.3) is 16.6 Å². The standard InChI is InChI=1S/C30H27FN6O2/c1-17-5-4-6-19(13-17)28-26(24-16-35(3)34-27(24)29(32)38)18(2)30(39)36(28)23-11-12-25-20(14-23)15-33-37(25)22-9-7-21(31)8-10-22/h4-16,18,26,28H,1-3H3,(H2,32,38). The van der Waals surface area contributed by atoms with Crippen LogP contribution in [-0.4, -0.2) is 31.4 Å². The van der Waals surface area contributed by atoms with Crippen molar-refractivity contribution in [2.75, 3.05) is 4.90 Å². The van der Waals surface area contributed by atoms with E-state index in [-0.39, 0.29) is 29.4 Å². The Morgan fingerprint density at radius 2 is 1.77 bits per heavy atom. The molecule has 39 heavy (non-hydrogen) atoms. The van der Waals surface area contributed by atoms with Gasteiger partial charge in [-0.1, -0.05) is 36.8 Å². The van der Waals surface area contributed by atoms with E-state index in [1.807, 2.05) is 55.1 Å². The van der Waals surface area contributed by atoms with Gasteiger partial charge in [0.25, 0.3) is 5.91 Å². The highest BCUT2D eigenvalue weighted by atomic mass is 19.1. The van der Waals surface area contributed by atoms with Crippen molar-refractivity contribution >= 4 is 28.4 Å². The first-order chi connectivity index (χ1) is 18.7. The van der Waals surface area contributed by atoms with E-state index in [0.717, 1.165) is 33.4 Å². The molecule has 2 aromatic heterocycles. The van der Waals surface area contributed by atoms with Gasteiger partial charge >= 0.3 is 0 Å². The van der Waals surface area contributed by atoms with Crippen molar-refractivity contribution in [3.8, 4) is 5.69 Å². The molecule has 9 heteroatoms. The molecule has 0 radical (unpaired) electrons. The summed E-state index contributed by atoms with van der Waals surface area (Å²) in [5.74, 6) is -1.79. The predicted octanol–water partition coefficient (Wildman–Crippen LogP) is 4.81. The van der Waals surface area contributed by atoms with Crippen molar-refractivity contribution in [1.29, 1.82) is 0 Å². The van der Waals surface area contributed by atoms with Gasteiger partial charge in [0.2, 0.25) is 5.91 Å². The fraction of sp³-hybridized carbons (Fsp3) is 0.200. The van der Waals surface area contributed by atoms with Crippen LogP contribution in [0.15, 0.2) is 79.1 Å². The van der Waals surface area contributed by atoms with Gasteiger partial charge in [0.1, 0.15) is 5.82 Å². The Morgan fingerprint density at radius 1 is 1.03 bits per heavy atom. The van der Waals surface area contributed by atoms with Crippen LogP contribution in [0.1, 0.15) is 46.1 Å². The van der Waals surface area contributed by atoms with Gasteiger partial charge in [-0.25, -0.2) is 9.07 Å². The largest absolute Gasteiger partial charge is 0.364 e. The minimum absolute atomic E-state index is 0.0592. The average molecular weight is 523 g/mol. The quantitative estimate of drug-likeness (QED) is 0.358. The number of aromatic nitrogens is 4. The molecule has 6 rings (SSSR count). The van der Waals surface area contributed by atoms with E-state index in [2.05, 4.69) is 16.3 Å². The van der Waals surface area contributed by atoms with E-state index < -0.39 is 11.8 Å². The number of aryl methyl sites for hydroxylation is 2. The molecule has 1 aliphatic heterocycles. The first-order valence-corrected chi connectivity index (χ1v) is 12.7. The summed E-state index contributed by atoms with van der Waals surface area (Å²) in [7, 11) is 1.74. The van der Waals surface area contributed by atoms with Gasteiger partial charge in [0, 0.05) is 41.7 Å². The summed E-state index contributed by atoms with van der Waals surface area (Å²) in [5.41, 5.74) is 10.8. The maximum Gasteiger partial charge on any atom is 0.269 e. The fourth-order valence-corrected chi connectivity index (χ4v) is 5.78. The monoisotopic (exact) mass is 522 g/mol. The highest BCUT2D eigenvalue weighted by molar-refractivity contribution is 6.02. The molecular weight excluding hydrogens is 495 g/mol. The number of primary amides is 1.